The number of hydrogen-bond donors (Lipinski definition) is 2. The zero-order valence-corrected chi connectivity index (χ0v) is 15.3. The maximum Gasteiger partial charge on any atom is 0.408 e. The number of nitrogens with zero attached hydrogens (tertiary/aromatic N) is 1. The molecular formula is C17H22FN3O5. The minimum absolute atomic E-state index is 0.0276. The molecule has 9 heteroatoms. The summed E-state index contributed by atoms with van der Waals surface area (Å²) in [5.74, 6) is -1.36. The molecule has 142 valence electrons. The van der Waals surface area contributed by atoms with E-state index in [9.17, 15) is 18.8 Å². The van der Waals surface area contributed by atoms with Crippen LogP contribution >= 0.6 is 0 Å². The van der Waals surface area contributed by atoms with Gasteiger partial charge in [0, 0.05) is 5.56 Å². The van der Waals surface area contributed by atoms with Gasteiger partial charge in [0.1, 0.15) is 35.0 Å². The van der Waals surface area contributed by atoms with E-state index in [2.05, 4.69) is 5.32 Å². The molecule has 2 atom stereocenters. The van der Waals surface area contributed by atoms with Gasteiger partial charge in [0.2, 0.25) is 0 Å². The highest BCUT2D eigenvalue weighted by molar-refractivity contribution is 6.17. The summed E-state index contributed by atoms with van der Waals surface area (Å²) in [7, 11) is 0. The third-order valence-electron chi connectivity index (χ3n) is 3.71. The molecule has 1 aromatic rings. The Hall–Kier alpha value is -2.84. The molecule has 0 aliphatic carbocycles. The van der Waals surface area contributed by atoms with Crippen molar-refractivity contribution < 1.29 is 28.2 Å². The number of benzene rings is 1. The highest BCUT2D eigenvalue weighted by atomic mass is 19.1. The molecule has 0 saturated heterocycles. The molecule has 0 saturated carbocycles. The van der Waals surface area contributed by atoms with Crippen LogP contribution in [0.1, 0.15) is 33.3 Å². The standard InChI is InChI=1S/C17H22FN3O5/c1-8-10(18)6-7-11-13(8)21(15(19)23)14(22)12(9(2)25-11)20-16(24)26-17(3,4)5/h6-7,9,12H,1-5H3,(H2,19,23)(H,20,24)/t9-,12+/m1/s1. The molecule has 1 aromatic carbocycles. The van der Waals surface area contributed by atoms with Crippen molar-refractivity contribution in [2.24, 2.45) is 5.73 Å². The van der Waals surface area contributed by atoms with Crippen LogP contribution < -0.4 is 20.7 Å². The molecule has 3 N–H and O–H groups in total. The average molecular weight is 367 g/mol. The zero-order valence-electron chi connectivity index (χ0n) is 15.3. The average Bonchev–Trinajstić information content (AvgIpc) is 2.58. The molecule has 4 amide bonds. The van der Waals surface area contributed by atoms with Crippen molar-refractivity contribution in [2.45, 2.75) is 52.4 Å². The summed E-state index contributed by atoms with van der Waals surface area (Å²) in [6, 6.07) is 0.0882. The first kappa shape index (κ1) is 19.5. The predicted octanol–water partition coefficient (Wildman–Crippen LogP) is 2.22. The number of ether oxygens (including phenoxy) is 2. The highest BCUT2D eigenvalue weighted by Gasteiger charge is 2.41. The number of nitrogens with two attached hydrogens (primary N) is 1. The lowest BCUT2D eigenvalue weighted by atomic mass is 10.1. The highest BCUT2D eigenvalue weighted by Crippen LogP contribution is 2.37. The second kappa shape index (κ2) is 6.81. The molecule has 1 aliphatic heterocycles. The molecular weight excluding hydrogens is 345 g/mol. The van der Waals surface area contributed by atoms with Crippen molar-refractivity contribution in [2.75, 3.05) is 4.90 Å². The number of imide groups is 1. The van der Waals surface area contributed by atoms with Crippen LogP contribution in [0.3, 0.4) is 0 Å². The third-order valence-corrected chi connectivity index (χ3v) is 3.71. The van der Waals surface area contributed by atoms with Gasteiger partial charge >= 0.3 is 12.1 Å². The molecule has 26 heavy (non-hydrogen) atoms. The Labute approximate surface area is 150 Å². The second-order valence-electron chi connectivity index (χ2n) is 6.98. The number of anilines is 1. The van der Waals surface area contributed by atoms with Gasteiger partial charge in [-0.2, -0.15) is 0 Å². The quantitative estimate of drug-likeness (QED) is 0.791. The largest absolute Gasteiger partial charge is 0.486 e. The smallest absolute Gasteiger partial charge is 0.408 e. The number of rotatable bonds is 1. The van der Waals surface area contributed by atoms with Gasteiger partial charge in [-0.05, 0) is 46.8 Å². The zero-order chi connectivity index (χ0) is 19.8. The van der Waals surface area contributed by atoms with Crippen LogP contribution in [0.25, 0.3) is 0 Å². The van der Waals surface area contributed by atoms with Gasteiger partial charge in [-0.1, -0.05) is 0 Å². The summed E-state index contributed by atoms with van der Waals surface area (Å²) in [6.07, 6.45) is -1.72. The van der Waals surface area contributed by atoms with Crippen LogP contribution in [-0.2, 0) is 9.53 Å². The van der Waals surface area contributed by atoms with E-state index in [0.29, 0.717) is 4.90 Å². The summed E-state index contributed by atoms with van der Waals surface area (Å²) in [6.45, 7) is 7.93. The van der Waals surface area contributed by atoms with E-state index >= 15 is 0 Å². The van der Waals surface area contributed by atoms with E-state index in [1.165, 1.54) is 19.9 Å². The first-order valence-electron chi connectivity index (χ1n) is 8.01. The number of urea groups is 1. The van der Waals surface area contributed by atoms with Crippen molar-refractivity contribution >= 4 is 23.7 Å². The Morgan fingerprint density at radius 3 is 2.50 bits per heavy atom. The Kier molecular flexibility index (Phi) is 5.11. The van der Waals surface area contributed by atoms with Gasteiger partial charge in [0.25, 0.3) is 5.91 Å². The van der Waals surface area contributed by atoms with Gasteiger partial charge in [-0.25, -0.2) is 18.9 Å². The minimum atomic E-state index is -1.26. The van der Waals surface area contributed by atoms with Crippen molar-refractivity contribution in [1.82, 2.24) is 5.32 Å². The normalized spacial score (nSPS) is 19.9. The van der Waals surface area contributed by atoms with Crippen LogP contribution in [0.15, 0.2) is 12.1 Å². The molecule has 0 bridgehead atoms. The topological polar surface area (TPSA) is 111 Å². The molecule has 8 nitrogen and oxygen atoms in total. The fourth-order valence-corrected chi connectivity index (χ4v) is 2.57. The van der Waals surface area contributed by atoms with Gasteiger partial charge in [0.15, 0.2) is 0 Å². The van der Waals surface area contributed by atoms with E-state index in [1.807, 2.05) is 0 Å². The Balaban J connectivity index is 2.44. The number of fused-ring (bicyclic) bond motifs is 1. The minimum Gasteiger partial charge on any atom is -0.486 e. The monoisotopic (exact) mass is 367 g/mol. The van der Waals surface area contributed by atoms with Crippen LogP contribution in [0, 0.1) is 12.7 Å². The summed E-state index contributed by atoms with van der Waals surface area (Å²) in [4.78, 5) is 37.5. The van der Waals surface area contributed by atoms with Crippen molar-refractivity contribution in [3.8, 4) is 5.75 Å². The fourth-order valence-electron chi connectivity index (χ4n) is 2.57. The Morgan fingerprint density at radius 2 is 1.96 bits per heavy atom. The molecule has 0 fully saturated rings. The van der Waals surface area contributed by atoms with Gasteiger partial charge in [-0.15, -0.1) is 0 Å². The summed E-state index contributed by atoms with van der Waals surface area (Å²) < 4.78 is 24.8. The van der Waals surface area contributed by atoms with Gasteiger partial charge in [0.05, 0.1) is 0 Å². The SMILES string of the molecule is Cc1c(F)ccc2c1N(C(N)=O)C(=O)[C@@H](NC(=O)OC(C)(C)C)[C@@H](C)O2. The van der Waals surface area contributed by atoms with Crippen molar-refractivity contribution in [3.63, 3.8) is 0 Å². The summed E-state index contributed by atoms with van der Waals surface area (Å²) >= 11 is 0. The molecule has 0 radical (unpaired) electrons. The van der Waals surface area contributed by atoms with E-state index < -0.39 is 41.6 Å². The number of hydrogen-bond acceptors (Lipinski definition) is 5. The van der Waals surface area contributed by atoms with E-state index in [0.717, 1.165) is 6.07 Å². The molecule has 0 aromatic heterocycles. The van der Waals surface area contributed by atoms with E-state index in [1.54, 1.807) is 20.8 Å². The summed E-state index contributed by atoms with van der Waals surface area (Å²) in [5.41, 5.74) is 4.51. The number of alkyl carbamates (subject to hydrolysis) is 1. The van der Waals surface area contributed by atoms with E-state index in [4.69, 9.17) is 15.2 Å². The fraction of sp³-hybridized carbons (Fsp3) is 0.471. The van der Waals surface area contributed by atoms with Crippen LogP contribution in [0.4, 0.5) is 19.7 Å². The van der Waals surface area contributed by atoms with Gasteiger partial charge < -0.3 is 20.5 Å². The van der Waals surface area contributed by atoms with Crippen molar-refractivity contribution in [1.29, 1.82) is 0 Å². The van der Waals surface area contributed by atoms with Crippen LogP contribution in [0.5, 0.6) is 5.75 Å². The van der Waals surface area contributed by atoms with E-state index in [-0.39, 0.29) is 17.0 Å². The number of amides is 4. The lowest BCUT2D eigenvalue weighted by Crippen LogP contribution is -2.56. The second-order valence-corrected chi connectivity index (χ2v) is 6.98. The Bertz CT molecular complexity index is 760. The number of primary amides is 1. The molecule has 2 rings (SSSR count). The number of nitrogens with one attached hydrogen (secondary N) is 1. The third kappa shape index (κ3) is 3.87. The van der Waals surface area contributed by atoms with Crippen molar-refractivity contribution in [3.05, 3.63) is 23.5 Å². The van der Waals surface area contributed by atoms with Crippen LogP contribution in [0.2, 0.25) is 0 Å². The lowest BCUT2D eigenvalue weighted by molar-refractivity contribution is -0.121. The maximum absolute atomic E-state index is 14.0. The molecule has 0 spiro atoms. The first-order valence-corrected chi connectivity index (χ1v) is 8.01. The lowest BCUT2D eigenvalue weighted by Gasteiger charge is -2.26. The molecule has 1 aliphatic rings. The number of halogens is 1. The molecule has 0 unspecified atom stereocenters. The number of carbonyl (C=O) groups is 3. The molecule has 1 heterocycles. The predicted molar refractivity (Wildman–Crippen MR) is 91.5 cm³/mol. The first-order chi connectivity index (χ1) is 11.9. The number of carbonyl (C=O) groups excluding carboxylic acids is 3. The summed E-state index contributed by atoms with van der Waals surface area (Å²) in [5, 5.41) is 2.39. The van der Waals surface area contributed by atoms with Gasteiger partial charge in [-0.3, -0.25) is 4.79 Å². The maximum atomic E-state index is 14.0. The van der Waals surface area contributed by atoms with Crippen LogP contribution in [-0.4, -0.2) is 35.8 Å². The Morgan fingerprint density at radius 1 is 1.35 bits per heavy atom.